The first-order valence-electron chi connectivity index (χ1n) is 23.8. The molecule has 2 amide bonds. The van der Waals surface area contributed by atoms with Crippen LogP contribution in [0.25, 0.3) is 16.9 Å². The number of nitrogen functional groups attached to an aromatic ring is 1. The standard InChI is InChI=1S/C49H62N12O5/c1-32(2)39-22-40(45(63)24-44(39)62)47(64)60-29-35-4-3-34(21-36(35)30-60)28-55-9-7-38(8-10-55)57-15-13-56(14-16-57)27-33-5-11-59(12-6-33)48(65)42-31-61-46(53-42)43(58-17-19-66-20-18-58)23-41(54-61)37-25-51-49(50)52-26-37/h3-4,21-26,31-33,38,62-63H,5-20,27-30H2,1-2H3,(H2,50,51,52). The van der Waals surface area contributed by atoms with E-state index in [0.717, 1.165) is 114 Å². The van der Waals surface area contributed by atoms with Crippen molar-refractivity contribution in [1.29, 1.82) is 0 Å². The number of hydrogen-bond acceptors (Lipinski definition) is 14. The molecule has 5 aromatic rings. The molecule has 66 heavy (non-hydrogen) atoms. The minimum absolute atomic E-state index is 0.0125. The lowest BCUT2D eigenvalue weighted by Crippen LogP contribution is -2.54. The Morgan fingerprint density at radius 1 is 0.788 bits per heavy atom. The van der Waals surface area contributed by atoms with Crippen molar-refractivity contribution in [3.05, 3.63) is 88.5 Å². The summed E-state index contributed by atoms with van der Waals surface area (Å²) in [5.74, 6) is 0.355. The summed E-state index contributed by atoms with van der Waals surface area (Å²) < 4.78 is 7.34. The van der Waals surface area contributed by atoms with Crippen LogP contribution >= 0.6 is 0 Å². The number of benzene rings is 2. The largest absolute Gasteiger partial charge is 0.508 e. The van der Waals surface area contributed by atoms with Gasteiger partial charge in [-0.1, -0.05) is 32.0 Å². The second-order valence-electron chi connectivity index (χ2n) is 19.2. The molecule has 0 atom stereocenters. The number of likely N-dealkylation sites (tertiary alicyclic amines) is 2. The number of imidazole rings is 1. The Balaban J connectivity index is 0.670. The van der Waals surface area contributed by atoms with Crippen LogP contribution in [-0.2, 0) is 24.4 Å². The number of phenols is 2. The van der Waals surface area contributed by atoms with Crippen LogP contribution in [0.2, 0.25) is 0 Å². The number of morpholine rings is 1. The van der Waals surface area contributed by atoms with E-state index < -0.39 is 0 Å². The molecule has 5 aliphatic rings. The van der Waals surface area contributed by atoms with Gasteiger partial charge in [0.15, 0.2) is 5.65 Å². The predicted molar refractivity (Wildman–Crippen MR) is 250 cm³/mol. The van der Waals surface area contributed by atoms with E-state index in [0.29, 0.717) is 60.9 Å². The number of nitrogens with zero attached hydrogens (tertiary/aromatic N) is 11. The lowest BCUT2D eigenvalue weighted by Gasteiger charge is -2.44. The number of ether oxygens (including phenoxy) is 1. The summed E-state index contributed by atoms with van der Waals surface area (Å²) in [4.78, 5) is 54.5. The monoisotopic (exact) mass is 898 g/mol. The SMILES string of the molecule is CC(C)c1cc(C(=O)N2Cc3ccc(CN4CCC(N5CCN(CC6CCN(C(=O)c7cn8nc(-c9cnc(N)nc9)cc(N9CCOCC9)c8n7)CC6)CC5)CC4)cc3C2)c(O)cc1O. The van der Waals surface area contributed by atoms with Crippen molar-refractivity contribution < 1.29 is 24.5 Å². The molecule has 0 aliphatic carbocycles. The number of piperazine rings is 1. The Morgan fingerprint density at radius 2 is 1.52 bits per heavy atom. The molecular formula is C49H62N12O5. The highest BCUT2D eigenvalue weighted by Gasteiger charge is 2.32. The Bertz CT molecular complexity index is 2550. The summed E-state index contributed by atoms with van der Waals surface area (Å²) in [6.07, 6.45) is 9.39. The van der Waals surface area contributed by atoms with Gasteiger partial charge in [-0.25, -0.2) is 19.5 Å². The van der Waals surface area contributed by atoms with Gasteiger partial charge in [0.25, 0.3) is 11.8 Å². The van der Waals surface area contributed by atoms with Crippen molar-refractivity contribution in [2.24, 2.45) is 5.92 Å². The van der Waals surface area contributed by atoms with Gasteiger partial charge in [0.05, 0.1) is 36.4 Å². The summed E-state index contributed by atoms with van der Waals surface area (Å²) in [5, 5.41) is 25.6. The first-order chi connectivity index (χ1) is 32.0. The molecule has 0 saturated carbocycles. The zero-order valence-corrected chi connectivity index (χ0v) is 38.2. The molecule has 3 aromatic heterocycles. The molecule has 4 fully saturated rings. The number of aromatic hydroxyl groups is 2. The van der Waals surface area contributed by atoms with Crippen LogP contribution in [0, 0.1) is 5.92 Å². The number of amides is 2. The van der Waals surface area contributed by atoms with Gasteiger partial charge in [-0.15, -0.1) is 0 Å². The third kappa shape index (κ3) is 9.26. The summed E-state index contributed by atoms with van der Waals surface area (Å²) in [7, 11) is 0. The fraction of sp³-hybridized carbons (Fsp3) is 0.510. The van der Waals surface area contributed by atoms with E-state index in [-0.39, 0.29) is 40.7 Å². The number of hydrogen-bond donors (Lipinski definition) is 3. The third-order valence-electron chi connectivity index (χ3n) is 14.5. The van der Waals surface area contributed by atoms with Crippen LogP contribution in [-0.4, -0.2) is 162 Å². The molecule has 0 radical (unpaired) electrons. The minimum Gasteiger partial charge on any atom is -0.508 e. The molecule has 10 rings (SSSR count). The van der Waals surface area contributed by atoms with Crippen molar-refractivity contribution in [3.8, 4) is 22.8 Å². The number of rotatable bonds is 10. The van der Waals surface area contributed by atoms with E-state index >= 15 is 0 Å². The molecule has 2 aromatic carbocycles. The third-order valence-corrected chi connectivity index (χ3v) is 14.5. The fourth-order valence-corrected chi connectivity index (χ4v) is 10.7. The first-order valence-corrected chi connectivity index (χ1v) is 23.8. The summed E-state index contributed by atoms with van der Waals surface area (Å²) >= 11 is 0. The molecular weight excluding hydrogens is 837 g/mol. The van der Waals surface area contributed by atoms with Gasteiger partial charge < -0.3 is 40.3 Å². The maximum Gasteiger partial charge on any atom is 0.274 e. The number of aromatic nitrogens is 5. The lowest BCUT2D eigenvalue weighted by atomic mass is 9.95. The average Bonchev–Trinajstić information content (AvgIpc) is 3.97. The second kappa shape index (κ2) is 18.8. The maximum absolute atomic E-state index is 13.9. The number of nitrogens with two attached hydrogens (primary N) is 1. The highest BCUT2D eigenvalue weighted by molar-refractivity contribution is 5.97. The predicted octanol–water partition coefficient (Wildman–Crippen LogP) is 4.43. The van der Waals surface area contributed by atoms with E-state index in [9.17, 15) is 19.8 Å². The molecule has 4 saturated heterocycles. The Labute approximate surface area is 385 Å². The maximum atomic E-state index is 13.9. The topological polar surface area (TPSA) is 185 Å². The van der Waals surface area contributed by atoms with Crippen LogP contribution in [0.5, 0.6) is 11.5 Å². The summed E-state index contributed by atoms with van der Waals surface area (Å²) in [6, 6.07) is 12.1. The number of fused-ring (bicyclic) bond motifs is 2. The van der Waals surface area contributed by atoms with E-state index in [4.69, 9.17) is 20.6 Å². The van der Waals surface area contributed by atoms with E-state index in [1.165, 1.54) is 24.5 Å². The normalized spacial score (nSPS) is 19.6. The van der Waals surface area contributed by atoms with Gasteiger partial charge in [-0.05, 0) is 85.0 Å². The average molecular weight is 899 g/mol. The van der Waals surface area contributed by atoms with Crippen LogP contribution in [0.4, 0.5) is 11.6 Å². The Hall–Kier alpha value is -5.88. The van der Waals surface area contributed by atoms with Crippen LogP contribution in [0.15, 0.2) is 55.0 Å². The molecule has 348 valence electrons. The number of phenolic OH excluding ortho intramolecular Hbond substituents is 2. The second-order valence-corrected chi connectivity index (χ2v) is 19.2. The van der Waals surface area contributed by atoms with Crippen molar-refractivity contribution in [2.45, 2.75) is 71.1 Å². The molecule has 0 unspecified atom stereocenters. The number of piperidine rings is 2. The van der Waals surface area contributed by atoms with E-state index in [2.05, 4.69) is 47.8 Å². The molecule has 17 heteroatoms. The highest BCUT2D eigenvalue weighted by Crippen LogP contribution is 2.35. The van der Waals surface area contributed by atoms with Gasteiger partial charge in [0.2, 0.25) is 5.95 Å². The van der Waals surface area contributed by atoms with E-state index in [1.807, 2.05) is 24.8 Å². The van der Waals surface area contributed by atoms with Crippen molar-refractivity contribution in [2.75, 3.05) is 95.8 Å². The number of carbonyl (C=O) groups excluding carboxylic acids is 2. The smallest absolute Gasteiger partial charge is 0.274 e. The van der Waals surface area contributed by atoms with Gasteiger partial charge in [-0.3, -0.25) is 19.4 Å². The first kappa shape index (κ1) is 44.0. The van der Waals surface area contributed by atoms with Gasteiger partial charge in [-0.2, -0.15) is 5.10 Å². The van der Waals surface area contributed by atoms with Crippen molar-refractivity contribution in [3.63, 3.8) is 0 Å². The van der Waals surface area contributed by atoms with E-state index in [1.54, 1.807) is 34.1 Å². The quantitative estimate of drug-likeness (QED) is 0.179. The van der Waals surface area contributed by atoms with Crippen LogP contribution < -0.4 is 10.6 Å². The van der Waals surface area contributed by atoms with Gasteiger partial charge in [0, 0.05) is 109 Å². The fourth-order valence-electron chi connectivity index (χ4n) is 10.7. The van der Waals surface area contributed by atoms with Crippen molar-refractivity contribution >= 4 is 29.1 Å². The molecule has 0 bridgehead atoms. The Kier molecular flexibility index (Phi) is 12.5. The summed E-state index contributed by atoms with van der Waals surface area (Å²) in [5.41, 5.74) is 13.6. The van der Waals surface area contributed by atoms with Gasteiger partial charge in [0.1, 0.15) is 17.2 Å². The van der Waals surface area contributed by atoms with Crippen molar-refractivity contribution in [1.82, 2.24) is 49.1 Å². The Morgan fingerprint density at radius 3 is 2.24 bits per heavy atom. The zero-order chi connectivity index (χ0) is 45.5. The molecule has 5 aliphatic heterocycles. The molecule has 0 spiro atoms. The minimum atomic E-state index is -0.218. The number of anilines is 2. The summed E-state index contributed by atoms with van der Waals surface area (Å²) in [6.45, 7) is 17.6. The lowest BCUT2D eigenvalue weighted by molar-refractivity contribution is 0.0441. The molecule has 4 N–H and O–H groups in total. The number of carbonyl (C=O) groups is 2. The zero-order valence-electron chi connectivity index (χ0n) is 38.2. The molecule has 8 heterocycles. The molecule has 17 nitrogen and oxygen atoms in total. The highest BCUT2D eigenvalue weighted by atomic mass is 16.5. The van der Waals surface area contributed by atoms with Crippen LogP contribution in [0.3, 0.4) is 0 Å². The van der Waals surface area contributed by atoms with Crippen LogP contribution in [0.1, 0.15) is 88.5 Å². The van der Waals surface area contributed by atoms with Gasteiger partial charge >= 0.3 is 0 Å².